The number of carbonyl (C=O) groups is 1. The smallest absolute Gasteiger partial charge is 0.224 e. The Morgan fingerprint density at radius 1 is 1.15 bits per heavy atom. The van der Waals surface area contributed by atoms with Crippen LogP contribution in [0.5, 0.6) is 0 Å². The largest absolute Gasteiger partial charge is 0.399 e. The van der Waals surface area contributed by atoms with Gasteiger partial charge < -0.3 is 11.1 Å². The molecule has 0 saturated carbocycles. The minimum Gasteiger partial charge on any atom is -0.399 e. The molecule has 104 valence electrons. The Morgan fingerprint density at radius 2 is 1.90 bits per heavy atom. The van der Waals surface area contributed by atoms with E-state index in [1.54, 1.807) is 6.07 Å². The Kier molecular flexibility index (Phi) is 4.71. The van der Waals surface area contributed by atoms with Crippen LogP contribution in [-0.4, -0.2) is 5.91 Å². The Hall–Kier alpha value is -2.36. The van der Waals surface area contributed by atoms with E-state index in [0.717, 1.165) is 12.8 Å². The maximum absolute atomic E-state index is 13.5. The fourth-order valence-corrected chi connectivity index (χ4v) is 1.94. The number of carbonyl (C=O) groups excluding carboxylic acids is 1. The van der Waals surface area contributed by atoms with Crippen LogP contribution in [0.2, 0.25) is 0 Å². The minimum absolute atomic E-state index is 0.170. The van der Waals surface area contributed by atoms with Gasteiger partial charge in [-0.15, -0.1) is 0 Å². The standard InChI is InChI=1S/C16H17FN2O/c17-14-11-13(18)9-10-15(14)19-16(20)8-4-7-12-5-2-1-3-6-12/h1-3,5-6,9-11H,4,7-8,18H2,(H,19,20). The highest BCUT2D eigenvalue weighted by Crippen LogP contribution is 2.17. The van der Waals surface area contributed by atoms with Gasteiger partial charge in [-0.2, -0.15) is 0 Å². The van der Waals surface area contributed by atoms with Crippen LogP contribution in [0.3, 0.4) is 0 Å². The van der Waals surface area contributed by atoms with Crippen LogP contribution in [0, 0.1) is 5.82 Å². The second-order valence-corrected chi connectivity index (χ2v) is 4.63. The molecule has 2 aromatic carbocycles. The van der Waals surface area contributed by atoms with Crippen molar-refractivity contribution in [1.29, 1.82) is 0 Å². The highest BCUT2D eigenvalue weighted by Gasteiger charge is 2.07. The summed E-state index contributed by atoms with van der Waals surface area (Å²) in [5, 5.41) is 2.55. The number of anilines is 2. The first-order valence-electron chi connectivity index (χ1n) is 6.54. The number of benzene rings is 2. The van der Waals surface area contributed by atoms with Gasteiger partial charge in [0.25, 0.3) is 0 Å². The van der Waals surface area contributed by atoms with Crippen molar-refractivity contribution < 1.29 is 9.18 Å². The minimum atomic E-state index is -0.513. The molecule has 0 unspecified atom stereocenters. The number of rotatable bonds is 5. The maximum Gasteiger partial charge on any atom is 0.224 e. The number of nitrogens with two attached hydrogens (primary N) is 1. The lowest BCUT2D eigenvalue weighted by atomic mass is 10.1. The van der Waals surface area contributed by atoms with Crippen molar-refractivity contribution in [2.24, 2.45) is 0 Å². The van der Waals surface area contributed by atoms with Crippen LogP contribution in [-0.2, 0) is 11.2 Å². The number of nitrogens with one attached hydrogen (secondary N) is 1. The van der Waals surface area contributed by atoms with Crippen LogP contribution in [0.25, 0.3) is 0 Å². The molecule has 0 bridgehead atoms. The molecule has 4 heteroatoms. The summed E-state index contributed by atoms with van der Waals surface area (Å²) in [6, 6.07) is 14.2. The van der Waals surface area contributed by atoms with E-state index in [1.807, 2.05) is 30.3 Å². The van der Waals surface area contributed by atoms with E-state index in [0.29, 0.717) is 12.1 Å². The molecule has 2 aromatic rings. The summed E-state index contributed by atoms with van der Waals surface area (Å²) in [6.45, 7) is 0. The molecule has 0 aromatic heterocycles. The van der Waals surface area contributed by atoms with Crippen molar-refractivity contribution in [2.75, 3.05) is 11.1 Å². The zero-order chi connectivity index (χ0) is 14.4. The summed E-state index contributed by atoms with van der Waals surface area (Å²) < 4.78 is 13.5. The second-order valence-electron chi connectivity index (χ2n) is 4.63. The Balaban J connectivity index is 1.81. The van der Waals surface area contributed by atoms with E-state index in [9.17, 15) is 9.18 Å². The second kappa shape index (κ2) is 6.70. The predicted molar refractivity (Wildman–Crippen MR) is 78.8 cm³/mol. The molecular formula is C16H17FN2O. The average molecular weight is 272 g/mol. The Labute approximate surface area is 117 Å². The van der Waals surface area contributed by atoms with Crippen LogP contribution >= 0.6 is 0 Å². The average Bonchev–Trinajstić information content (AvgIpc) is 2.43. The first-order valence-corrected chi connectivity index (χ1v) is 6.54. The molecule has 0 atom stereocenters. The number of nitrogen functional groups attached to an aromatic ring is 1. The van der Waals surface area contributed by atoms with Gasteiger partial charge in [-0.25, -0.2) is 4.39 Å². The summed E-state index contributed by atoms with van der Waals surface area (Å²) in [6.07, 6.45) is 1.92. The van der Waals surface area contributed by atoms with Crippen molar-refractivity contribution in [3.8, 4) is 0 Å². The molecule has 0 saturated heterocycles. The molecule has 0 aliphatic carbocycles. The molecule has 20 heavy (non-hydrogen) atoms. The van der Waals surface area contributed by atoms with E-state index in [2.05, 4.69) is 5.32 Å². The molecule has 2 rings (SSSR count). The predicted octanol–water partition coefficient (Wildman–Crippen LogP) is 3.37. The topological polar surface area (TPSA) is 55.1 Å². The monoisotopic (exact) mass is 272 g/mol. The fourth-order valence-electron chi connectivity index (χ4n) is 1.94. The van der Waals surface area contributed by atoms with Crippen molar-refractivity contribution >= 4 is 17.3 Å². The molecular weight excluding hydrogens is 255 g/mol. The van der Waals surface area contributed by atoms with Gasteiger partial charge in [-0.3, -0.25) is 4.79 Å². The summed E-state index contributed by atoms with van der Waals surface area (Å²) in [7, 11) is 0. The van der Waals surface area contributed by atoms with Gasteiger partial charge in [0.2, 0.25) is 5.91 Å². The van der Waals surface area contributed by atoms with E-state index >= 15 is 0 Å². The van der Waals surface area contributed by atoms with Gasteiger partial charge >= 0.3 is 0 Å². The molecule has 0 aliphatic heterocycles. The normalized spacial score (nSPS) is 10.2. The molecule has 1 amide bonds. The van der Waals surface area contributed by atoms with Gasteiger partial charge in [0.05, 0.1) is 5.69 Å². The van der Waals surface area contributed by atoms with E-state index in [1.165, 1.54) is 17.7 Å². The highest BCUT2D eigenvalue weighted by molar-refractivity contribution is 5.90. The first-order chi connectivity index (χ1) is 9.65. The molecule has 0 aliphatic rings. The lowest BCUT2D eigenvalue weighted by Crippen LogP contribution is -2.12. The number of hydrogen-bond acceptors (Lipinski definition) is 2. The van der Waals surface area contributed by atoms with Gasteiger partial charge in [0.1, 0.15) is 5.82 Å². The van der Waals surface area contributed by atoms with Crippen LogP contribution in [0.4, 0.5) is 15.8 Å². The highest BCUT2D eigenvalue weighted by atomic mass is 19.1. The van der Waals surface area contributed by atoms with Gasteiger partial charge in [-0.05, 0) is 36.6 Å². The van der Waals surface area contributed by atoms with Crippen molar-refractivity contribution in [1.82, 2.24) is 0 Å². The quantitative estimate of drug-likeness (QED) is 0.820. The lowest BCUT2D eigenvalue weighted by Gasteiger charge is -2.07. The summed E-state index contributed by atoms with van der Waals surface area (Å²) in [4.78, 5) is 11.7. The van der Waals surface area contributed by atoms with Crippen LogP contribution in [0.1, 0.15) is 18.4 Å². The van der Waals surface area contributed by atoms with E-state index in [-0.39, 0.29) is 11.6 Å². The molecule has 3 nitrogen and oxygen atoms in total. The summed E-state index contributed by atoms with van der Waals surface area (Å²) in [5.41, 5.74) is 7.15. The van der Waals surface area contributed by atoms with E-state index < -0.39 is 5.82 Å². The molecule has 0 fully saturated rings. The zero-order valence-electron chi connectivity index (χ0n) is 11.1. The van der Waals surface area contributed by atoms with Gasteiger partial charge in [0, 0.05) is 12.1 Å². The number of hydrogen-bond donors (Lipinski definition) is 2. The van der Waals surface area contributed by atoms with Gasteiger partial charge in [-0.1, -0.05) is 30.3 Å². The third-order valence-corrected chi connectivity index (χ3v) is 2.98. The Bertz CT molecular complexity index is 584. The summed E-state index contributed by atoms with van der Waals surface area (Å²) >= 11 is 0. The summed E-state index contributed by atoms with van der Waals surface area (Å²) in [5.74, 6) is -0.703. The molecule has 0 radical (unpaired) electrons. The number of halogens is 1. The first kappa shape index (κ1) is 14.1. The van der Waals surface area contributed by atoms with Crippen LogP contribution < -0.4 is 11.1 Å². The molecule has 0 spiro atoms. The van der Waals surface area contributed by atoms with Crippen molar-refractivity contribution in [3.63, 3.8) is 0 Å². The van der Waals surface area contributed by atoms with Gasteiger partial charge in [0.15, 0.2) is 0 Å². The van der Waals surface area contributed by atoms with Crippen molar-refractivity contribution in [2.45, 2.75) is 19.3 Å². The number of amides is 1. The zero-order valence-corrected chi connectivity index (χ0v) is 11.1. The third-order valence-electron chi connectivity index (χ3n) is 2.98. The van der Waals surface area contributed by atoms with E-state index in [4.69, 9.17) is 5.73 Å². The van der Waals surface area contributed by atoms with Crippen LogP contribution in [0.15, 0.2) is 48.5 Å². The maximum atomic E-state index is 13.5. The lowest BCUT2D eigenvalue weighted by molar-refractivity contribution is -0.116. The number of aryl methyl sites for hydroxylation is 1. The third kappa shape index (κ3) is 4.09. The fraction of sp³-hybridized carbons (Fsp3) is 0.188. The van der Waals surface area contributed by atoms with Crippen molar-refractivity contribution in [3.05, 3.63) is 59.9 Å². The molecule has 3 N–H and O–H groups in total. The SMILES string of the molecule is Nc1ccc(NC(=O)CCCc2ccccc2)c(F)c1. The Morgan fingerprint density at radius 3 is 2.60 bits per heavy atom. The molecule has 0 heterocycles.